The van der Waals surface area contributed by atoms with Crippen molar-refractivity contribution in [2.75, 3.05) is 5.32 Å². The van der Waals surface area contributed by atoms with E-state index in [0.717, 1.165) is 12.1 Å². The number of rotatable bonds is 3. The summed E-state index contributed by atoms with van der Waals surface area (Å²) in [5, 5.41) is 2.77. The molecule has 0 saturated carbocycles. The second kappa shape index (κ2) is 6.12. The predicted octanol–water partition coefficient (Wildman–Crippen LogP) is 5.76. The van der Waals surface area contributed by atoms with Crippen molar-refractivity contribution in [1.82, 2.24) is 0 Å². The second-order valence-electron chi connectivity index (χ2n) is 4.28. The Morgan fingerprint density at radius 2 is 1.71 bits per heavy atom. The lowest BCUT2D eigenvalue weighted by Gasteiger charge is -2.15. The molecule has 1 N–H and O–H groups in total. The molecule has 112 valence electrons. The highest BCUT2D eigenvalue weighted by Crippen LogP contribution is 2.36. The average molecular weight is 338 g/mol. The fraction of sp³-hybridized carbons (Fsp3) is 0.143. The number of alkyl halides is 3. The van der Waals surface area contributed by atoms with Crippen molar-refractivity contribution in [1.29, 1.82) is 0 Å². The Bertz CT molecular complexity index is 656. The van der Waals surface area contributed by atoms with Gasteiger partial charge in [-0.25, -0.2) is 4.39 Å². The monoisotopic (exact) mass is 337 g/mol. The van der Waals surface area contributed by atoms with Crippen LogP contribution in [0.5, 0.6) is 0 Å². The Morgan fingerprint density at radius 3 is 2.33 bits per heavy atom. The molecule has 2 aromatic rings. The van der Waals surface area contributed by atoms with Gasteiger partial charge in [-0.15, -0.1) is 0 Å². The highest BCUT2D eigenvalue weighted by molar-refractivity contribution is 6.31. The first-order valence-electron chi connectivity index (χ1n) is 5.82. The van der Waals surface area contributed by atoms with Crippen LogP contribution in [0.15, 0.2) is 36.4 Å². The molecule has 0 aliphatic rings. The van der Waals surface area contributed by atoms with Crippen molar-refractivity contribution < 1.29 is 17.6 Å². The summed E-state index contributed by atoms with van der Waals surface area (Å²) in [6.07, 6.45) is -4.53. The summed E-state index contributed by atoms with van der Waals surface area (Å²) in [6.45, 7) is 0.0316. The standard InChI is InChI=1S/C14H9Cl2F4N/c15-9-2-4-13(11(5-9)14(18,19)20)21-7-8-1-3-10(17)6-12(8)16/h1-6,21H,7H2. The van der Waals surface area contributed by atoms with Crippen LogP contribution in [0.2, 0.25) is 10.0 Å². The minimum atomic E-state index is -4.53. The molecule has 0 atom stereocenters. The zero-order valence-electron chi connectivity index (χ0n) is 10.4. The van der Waals surface area contributed by atoms with E-state index in [1.54, 1.807) is 0 Å². The molecule has 0 aromatic heterocycles. The summed E-state index contributed by atoms with van der Waals surface area (Å²) < 4.78 is 51.6. The quantitative estimate of drug-likeness (QED) is 0.701. The Labute approximate surface area is 128 Å². The van der Waals surface area contributed by atoms with Crippen LogP contribution in [-0.2, 0) is 12.7 Å². The topological polar surface area (TPSA) is 12.0 Å². The molecule has 21 heavy (non-hydrogen) atoms. The molecule has 0 spiro atoms. The third-order valence-corrected chi connectivity index (χ3v) is 3.36. The average Bonchev–Trinajstić information content (AvgIpc) is 2.38. The van der Waals surface area contributed by atoms with Gasteiger partial charge in [-0.05, 0) is 35.9 Å². The third kappa shape index (κ3) is 4.02. The van der Waals surface area contributed by atoms with Crippen LogP contribution >= 0.6 is 23.2 Å². The Morgan fingerprint density at radius 1 is 1.00 bits per heavy atom. The normalized spacial score (nSPS) is 11.5. The fourth-order valence-electron chi connectivity index (χ4n) is 1.76. The number of nitrogens with one attached hydrogen (secondary N) is 1. The van der Waals surface area contributed by atoms with Crippen LogP contribution < -0.4 is 5.32 Å². The minimum Gasteiger partial charge on any atom is -0.380 e. The highest BCUT2D eigenvalue weighted by Gasteiger charge is 2.33. The number of benzene rings is 2. The summed E-state index contributed by atoms with van der Waals surface area (Å²) in [6, 6.07) is 7.14. The van der Waals surface area contributed by atoms with E-state index in [-0.39, 0.29) is 22.3 Å². The summed E-state index contributed by atoms with van der Waals surface area (Å²) >= 11 is 11.4. The zero-order chi connectivity index (χ0) is 15.6. The molecule has 0 amide bonds. The lowest BCUT2D eigenvalue weighted by atomic mass is 10.1. The van der Waals surface area contributed by atoms with Crippen LogP contribution in [0, 0.1) is 5.82 Å². The Hall–Kier alpha value is -1.46. The summed E-state index contributed by atoms with van der Waals surface area (Å²) in [4.78, 5) is 0. The predicted molar refractivity (Wildman–Crippen MR) is 75.2 cm³/mol. The van der Waals surface area contributed by atoms with Gasteiger partial charge < -0.3 is 5.32 Å². The first kappa shape index (κ1) is 15.9. The van der Waals surface area contributed by atoms with Gasteiger partial charge in [0, 0.05) is 22.3 Å². The van der Waals surface area contributed by atoms with Gasteiger partial charge in [-0.3, -0.25) is 0 Å². The molecule has 0 saturated heterocycles. The Kier molecular flexibility index (Phi) is 4.64. The van der Waals surface area contributed by atoms with Crippen molar-refractivity contribution >= 4 is 28.9 Å². The number of halogens is 6. The van der Waals surface area contributed by atoms with Gasteiger partial charge >= 0.3 is 6.18 Å². The molecule has 0 aliphatic carbocycles. The second-order valence-corrected chi connectivity index (χ2v) is 5.12. The first-order valence-corrected chi connectivity index (χ1v) is 6.57. The Balaban J connectivity index is 2.24. The lowest BCUT2D eigenvalue weighted by Crippen LogP contribution is -2.11. The van der Waals surface area contributed by atoms with E-state index in [2.05, 4.69) is 5.32 Å². The largest absolute Gasteiger partial charge is 0.418 e. The van der Waals surface area contributed by atoms with Gasteiger partial charge in [0.05, 0.1) is 5.56 Å². The molecule has 2 aromatic carbocycles. The maximum atomic E-state index is 12.9. The van der Waals surface area contributed by atoms with E-state index in [9.17, 15) is 17.6 Å². The van der Waals surface area contributed by atoms with Gasteiger partial charge in [0.2, 0.25) is 0 Å². The van der Waals surface area contributed by atoms with Crippen LogP contribution in [0.25, 0.3) is 0 Å². The molecule has 2 rings (SSSR count). The van der Waals surface area contributed by atoms with E-state index in [4.69, 9.17) is 23.2 Å². The van der Waals surface area contributed by atoms with Gasteiger partial charge in [-0.2, -0.15) is 13.2 Å². The van der Waals surface area contributed by atoms with Crippen LogP contribution in [0.3, 0.4) is 0 Å². The lowest BCUT2D eigenvalue weighted by molar-refractivity contribution is -0.136. The van der Waals surface area contributed by atoms with Gasteiger partial charge in [-0.1, -0.05) is 29.3 Å². The van der Waals surface area contributed by atoms with Gasteiger partial charge in [0.15, 0.2) is 0 Å². The maximum Gasteiger partial charge on any atom is 0.418 e. The molecule has 0 radical (unpaired) electrons. The van der Waals surface area contributed by atoms with Gasteiger partial charge in [0.1, 0.15) is 5.82 Å². The molecule has 0 aliphatic heterocycles. The zero-order valence-corrected chi connectivity index (χ0v) is 12.0. The van der Waals surface area contributed by atoms with E-state index >= 15 is 0 Å². The van der Waals surface area contributed by atoms with Crippen molar-refractivity contribution in [3.63, 3.8) is 0 Å². The molecule has 0 fully saturated rings. The molecule has 7 heteroatoms. The number of hydrogen-bond acceptors (Lipinski definition) is 1. The highest BCUT2D eigenvalue weighted by atomic mass is 35.5. The van der Waals surface area contributed by atoms with Crippen molar-refractivity contribution in [2.24, 2.45) is 0 Å². The first-order chi connectivity index (χ1) is 9.77. The van der Waals surface area contributed by atoms with E-state index < -0.39 is 17.6 Å². The van der Waals surface area contributed by atoms with Crippen molar-refractivity contribution in [2.45, 2.75) is 12.7 Å². The summed E-state index contributed by atoms with van der Waals surface area (Å²) in [5.41, 5.74) is -0.498. The van der Waals surface area contributed by atoms with Crippen LogP contribution in [0.1, 0.15) is 11.1 Å². The number of hydrogen-bond donors (Lipinski definition) is 1. The molecule has 0 unspecified atom stereocenters. The molecular formula is C14H9Cl2F4N. The number of anilines is 1. The fourth-order valence-corrected chi connectivity index (χ4v) is 2.17. The van der Waals surface area contributed by atoms with Crippen LogP contribution in [-0.4, -0.2) is 0 Å². The van der Waals surface area contributed by atoms with E-state index in [0.29, 0.717) is 5.56 Å². The van der Waals surface area contributed by atoms with Gasteiger partial charge in [0.25, 0.3) is 0 Å². The molecule has 0 bridgehead atoms. The maximum absolute atomic E-state index is 12.9. The van der Waals surface area contributed by atoms with E-state index in [1.807, 2.05) is 0 Å². The molecule has 0 heterocycles. The van der Waals surface area contributed by atoms with E-state index in [1.165, 1.54) is 24.3 Å². The summed E-state index contributed by atoms with van der Waals surface area (Å²) in [5.74, 6) is -0.508. The van der Waals surface area contributed by atoms with Crippen LogP contribution in [0.4, 0.5) is 23.2 Å². The van der Waals surface area contributed by atoms with Crippen molar-refractivity contribution in [3.05, 3.63) is 63.4 Å². The van der Waals surface area contributed by atoms with Crippen molar-refractivity contribution in [3.8, 4) is 0 Å². The smallest absolute Gasteiger partial charge is 0.380 e. The summed E-state index contributed by atoms with van der Waals surface area (Å²) in [7, 11) is 0. The molecular weight excluding hydrogens is 329 g/mol. The molecule has 1 nitrogen and oxygen atoms in total. The minimum absolute atomic E-state index is 0.00677. The SMILES string of the molecule is Fc1ccc(CNc2ccc(Cl)cc2C(F)(F)F)c(Cl)c1. The third-order valence-electron chi connectivity index (χ3n) is 2.77.